The number of pyridine rings is 1. The molecule has 6 heteroatoms. The molecule has 0 saturated carbocycles. The minimum absolute atomic E-state index is 0.0592. The van der Waals surface area contributed by atoms with Gasteiger partial charge in [0.1, 0.15) is 31.9 Å². The standard InChI is InChI=1S/C20H26N4O2/c1-3-26-18-9-7-17(8-10-18)22-20(25)16(2)23-12-14-24(15-13-23)19-6-4-5-11-21-19/h4-11,16H,3,12-15H2,1-2H3,(H,22,25)/p+2/t16-/m1/s1. The number of nitrogens with zero attached hydrogens (tertiary/aromatic N) is 1. The Morgan fingerprint density at radius 1 is 1.23 bits per heavy atom. The van der Waals surface area contributed by atoms with Crippen molar-refractivity contribution in [2.75, 3.05) is 43.0 Å². The number of carbonyl (C=O) groups is 1. The van der Waals surface area contributed by atoms with E-state index in [0.717, 1.165) is 43.4 Å². The van der Waals surface area contributed by atoms with Gasteiger partial charge in [-0.1, -0.05) is 6.07 Å². The number of hydrogen-bond donors (Lipinski definition) is 2. The van der Waals surface area contributed by atoms with Crippen molar-refractivity contribution in [1.82, 2.24) is 0 Å². The number of ether oxygens (including phenoxy) is 1. The summed E-state index contributed by atoms with van der Waals surface area (Å²) in [4.78, 5) is 19.5. The Morgan fingerprint density at radius 3 is 2.58 bits per heavy atom. The quantitative estimate of drug-likeness (QED) is 0.798. The molecular formula is C20H28N4O2+2. The van der Waals surface area contributed by atoms with Gasteiger partial charge in [0.2, 0.25) is 0 Å². The largest absolute Gasteiger partial charge is 0.494 e. The van der Waals surface area contributed by atoms with Crippen molar-refractivity contribution in [2.45, 2.75) is 19.9 Å². The Balaban J connectivity index is 1.51. The molecule has 0 unspecified atom stereocenters. The van der Waals surface area contributed by atoms with Crippen LogP contribution in [0.4, 0.5) is 11.5 Å². The monoisotopic (exact) mass is 356 g/mol. The zero-order valence-electron chi connectivity index (χ0n) is 15.5. The lowest BCUT2D eigenvalue weighted by Gasteiger charge is -2.31. The molecular weight excluding hydrogens is 328 g/mol. The summed E-state index contributed by atoms with van der Waals surface area (Å²) < 4.78 is 5.43. The van der Waals surface area contributed by atoms with Crippen LogP contribution < -0.4 is 24.8 Å². The molecule has 1 fully saturated rings. The average Bonchev–Trinajstić information content (AvgIpc) is 2.70. The van der Waals surface area contributed by atoms with Gasteiger partial charge in [-0.2, -0.15) is 0 Å². The number of rotatable bonds is 6. The third-order valence-corrected chi connectivity index (χ3v) is 4.88. The van der Waals surface area contributed by atoms with Gasteiger partial charge < -0.3 is 15.0 Å². The second-order valence-corrected chi connectivity index (χ2v) is 6.56. The van der Waals surface area contributed by atoms with Crippen molar-refractivity contribution in [1.29, 1.82) is 0 Å². The van der Waals surface area contributed by atoms with Crippen LogP contribution in [0.2, 0.25) is 0 Å². The van der Waals surface area contributed by atoms with E-state index in [1.807, 2.05) is 56.4 Å². The van der Waals surface area contributed by atoms with E-state index in [0.29, 0.717) is 6.61 Å². The predicted octanol–water partition coefficient (Wildman–Crippen LogP) is 0.632. The van der Waals surface area contributed by atoms with Crippen LogP contribution in [0, 0.1) is 0 Å². The lowest BCUT2D eigenvalue weighted by molar-refractivity contribution is -0.914. The number of hydrogen-bond acceptors (Lipinski definition) is 3. The van der Waals surface area contributed by atoms with Crippen molar-refractivity contribution in [3.05, 3.63) is 48.7 Å². The summed E-state index contributed by atoms with van der Waals surface area (Å²) in [6.07, 6.45) is 1.95. The zero-order valence-corrected chi connectivity index (χ0v) is 15.5. The molecule has 1 aromatic heterocycles. The number of amides is 1. The highest BCUT2D eigenvalue weighted by atomic mass is 16.5. The number of anilines is 2. The Morgan fingerprint density at radius 2 is 1.96 bits per heavy atom. The third-order valence-electron chi connectivity index (χ3n) is 4.88. The molecule has 2 aromatic rings. The normalized spacial score (nSPS) is 16.2. The maximum Gasteiger partial charge on any atom is 0.282 e. The SMILES string of the molecule is CCOc1ccc(NC(=O)[C@@H](C)[NH+]2CCN(c3cccc[nH+]3)CC2)cc1. The van der Waals surface area contributed by atoms with E-state index >= 15 is 0 Å². The van der Waals surface area contributed by atoms with Crippen molar-refractivity contribution in [3.63, 3.8) is 0 Å². The van der Waals surface area contributed by atoms with E-state index in [9.17, 15) is 4.79 Å². The Kier molecular flexibility index (Phi) is 6.07. The third kappa shape index (κ3) is 4.52. The first-order valence-electron chi connectivity index (χ1n) is 9.27. The van der Waals surface area contributed by atoms with Crippen LogP contribution in [0.5, 0.6) is 5.75 Å². The van der Waals surface area contributed by atoms with Crippen LogP contribution in [-0.4, -0.2) is 44.7 Å². The van der Waals surface area contributed by atoms with Crippen molar-refractivity contribution in [3.8, 4) is 5.75 Å². The Hall–Kier alpha value is -2.60. The average molecular weight is 356 g/mol. The minimum atomic E-state index is -0.0801. The molecule has 1 saturated heterocycles. The summed E-state index contributed by atoms with van der Waals surface area (Å²) in [7, 11) is 0. The molecule has 2 heterocycles. The number of benzene rings is 1. The summed E-state index contributed by atoms with van der Waals surface area (Å²) in [6.45, 7) is 8.37. The van der Waals surface area contributed by atoms with Gasteiger partial charge in [-0.05, 0) is 44.2 Å². The van der Waals surface area contributed by atoms with Crippen LogP contribution >= 0.6 is 0 Å². The van der Waals surface area contributed by atoms with Gasteiger partial charge in [0.15, 0.2) is 6.04 Å². The number of aromatic nitrogens is 1. The van der Waals surface area contributed by atoms with Crippen LogP contribution in [0.25, 0.3) is 0 Å². The molecule has 0 aliphatic carbocycles. The Bertz CT molecular complexity index is 698. The van der Waals surface area contributed by atoms with E-state index in [1.54, 1.807) is 0 Å². The molecule has 1 atom stereocenters. The second-order valence-electron chi connectivity index (χ2n) is 6.56. The van der Waals surface area contributed by atoms with Gasteiger partial charge >= 0.3 is 0 Å². The molecule has 3 rings (SSSR count). The maximum absolute atomic E-state index is 12.6. The number of aromatic amines is 1. The summed E-state index contributed by atoms with van der Waals surface area (Å²) in [6, 6.07) is 13.6. The highest BCUT2D eigenvalue weighted by molar-refractivity contribution is 5.93. The van der Waals surface area contributed by atoms with E-state index in [-0.39, 0.29) is 11.9 Å². The van der Waals surface area contributed by atoms with Gasteiger partial charge in [-0.25, -0.2) is 4.98 Å². The van der Waals surface area contributed by atoms with Gasteiger partial charge in [0.05, 0.1) is 12.8 Å². The summed E-state index contributed by atoms with van der Waals surface area (Å²) in [5, 5.41) is 3.02. The Labute approximate surface area is 154 Å². The molecule has 0 bridgehead atoms. The molecule has 1 aromatic carbocycles. The van der Waals surface area contributed by atoms with E-state index in [4.69, 9.17) is 4.74 Å². The highest BCUT2D eigenvalue weighted by Gasteiger charge is 2.32. The molecule has 0 spiro atoms. The maximum atomic E-state index is 12.6. The summed E-state index contributed by atoms with van der Waals surface area (Å²) in [5.41, 5.74) is 0.808. The van der Waals surface area contributed by atoms with Gasteiger partial charge in [0, 0.05) is 11.8 Å². The second kappa shape index (κ2) is 8.67. The van der Waals surface area contributed by atoms with E-state index < -0.39 is 0 Å². The zero-order chi connectivity index (χ0) is 18.4. The van der Waals surface area contributed by atoms with E-state index in [2.05, 4.69) is 21.3 Å². The van der Waals surface area contributed by atoms with Crippen molar-refractivity contribution >= 4 is 17.4 Å². The predicted molar refractivity (Wildman–Crippen MR) is 102 cm³/mol. The summed E-state index contributed by atoms with van der Waals surface area (Å²) >= 11 is 0. The molecule has 1 amide bonds. The molecule has 0 radical (unpaired) electrons. The molecule has 3 N–H and O–H groups in total. The first kappa shape index (κ1) is 18.2. The lowest BCUT2D eigenvalue weighted by Crippen LogP contribution is -3.19. The highest BCUT2D eigenvalue weighted by Crippen LogP contribution is 2.15. The number of nitrogens with one attached hydrogen (secondary N) is 3. The van der Waals surface area contributed by atoms with Gasteiger partial charge in [-0.15, -0.1) is 0 Å². The van der Waals surface area contributed by atoms with Crippen LogP contribution in [0.3, 0.4) is 0 Å². The van der Waals surface area contributed by atoms with Crippen LogP contribution in [0.15, 0.2) is 48.7 Å². The fourth-order valence-electron chi connectivity index (χ4n) is 3.29. The smallest absolute Gasteiger partial charge is 0.282 e. The molecule has 138 valence electrons. The van der Waals surface area contributed by atoms with Gasteiger partial charge in [-0.3, -0.25) is 9.69 Å². The number of H-pyrrole nitrogens is 1. The molecule has 1 aliphatic rings. The molecule has 6 nitrogen and oxygen atoms in total. The fourth-order valence-corrected chi connectivity index (χ4v) is 3.29. The molecule has 26 heavy (non-hydrogen) atoms. The van der Waals surface area contributed by atoms with Crippen molar-refractivity contribution < 1.29 is 19.4 Å². The van der Waals surface area contributed by atoms with Crippen LogP contribution in [-0.2, 0) is 4.79 Å². The van der Waals surface area contributed by atoms with Gasteiger partial charge in [0.25, 0.3) is 11.7 Å². The first-order valence-corrected chi connectivity index (χ1v) is 9.27. The van der Waals surface area contributed by atoms with Crippen LogP contribution in [0.1, 0.15) is 13.8 Å². The first-order chi connectivity index (χ1) is 12.7. The fraction of sp³-hybridized carbons (Fsp3) is 0.400. The van der Waals surface area contributed by atoms with E-state index in [1.165, 1.54) is 4.90 Å². The number of carbonyl (C=O) groups excluding carboxylic acids is 1. The number of piperazine rings is 1. The summed E-state index contributed by atoms with van der Waals surface area (Å²) in [5.74, 6) is 2.01. The minimum Gasteiger partial charge on any atom is -0.494 e. The lowest BCUT2D eigenvalue weighted by atomic mass is 10.2. The topological polar surface area (TPSA) is 60.1 Å². The molecule has 1 aliphatic heterocycles. The number of quaternary nitrogens is 1. The van der Waals surface area contributed by atoms with Crippen molar-refractivity contribution in [2.24, 2.45) is 0 Å².